The van der Waals surface area contributed by atoms with Crippen LogP contribution >= 0.6 is 23.2 Å². The molecule has 2 rings (SSSR count). The molecule has 0 unspecified atom stereocenters. The predicted molar refractivity (Wildman–Crippen MR) is 71.7 cm³/mol. The molecule has 19 heavy (non-hydrogen) atoms. The largest absolute Gasteiger partial charge is 0.336 e. The molecule has 0 saturated carbocycles. The van der Waals surface area contributed by atoms with Crippen LogP contribution in [0.3, 0.4) is 0 Å². The number of rotatable bonds is 3. The topological polar surface area (TPSA) is 63.0 Å². The van der Waals surface area contributed by atoms with Gasteiger partial charge in [0.2, 0.25) is 0 Å². The van der Waals surface area contributed by atoms with Crippen molar-refractivity contribution in [2.75, 3.05) is 10.7 Å². The Hall–Kier alpha value is -1.63. The zero-order valence-electron chi connectivity index (χ0n) is 9.35. The Balaban J connectivity index is 2.41. The Bertz CT molecular complexity index is 622. The van der Waals surface area contributed by atoms with Gasteiger partial charge in [0.25, 0.3) is 0 Å². The first-order valence-electron chi connectivity index (χ1n) is 5.06. The van der Waals surface area contributed by atoms with Crippen LogP contribution in [0.5, 0.6) is 0 Å². The van der Waals surface area contributed by atoms with Crippen LogP contribution in [-0.2, 0) is 0 Å². The lowest BCUT2D eigenvalue weighted by atomic mass is 10.3. The molecule has 4 nitrogen and oxygen atoms in total. The van der Waals surface area contributed by atoms with Crippen LogP contribution in [0, 0.1) is 11.6 Å². The average Bonchev–Trinajstić information content (AvgIpc) is 2.38. The van der Waals surface area contributed by atoms with E-state index in [9.17, 15) is 8.78 Å². The number of nitrogens with zero attached hydrogens (tertiary/aromatic N) is 1. The van der Waals surface area contributed by atoms with E-state index in [2.05, 4.69) is 10.3 Å². The van der Waals surface area contributed by atoms with Gasteiger partial charge in [0, 0.05) is 6.07 Å². The quantitative estimate of drug-likeness (QED) is 0.598. The minimum atomic E-state index is -0.900. The molecule has 0 aliphatic carbocycles. The highest BCUT2D eigenvalue weighted by molar-refractivity contribution is 6.43. The zero-order valence-corrected chi connectivity index (χ0v) is 10.9. The minimum Gasteiger partial charge on any atom is -0.336 e. The third-order valence-electron chi connectivity index (χ3n) is 2.27. The molecule has 1 heterocycles. The molecule has 8 heteroatoms. The van der Waals surface area contributed by atoms with Gasteiger partial charge in [-0.3, -0.25) is 0 Å². The van der Waals surface area contributed by atoms with Crippen molar-refractivity contribution in [1.82, 2.24) is 4.98 Å². The van der Waals surface area contributed by atoms with Crippen LogP contribution in [0.4, 0.5) is 26.1 Å². The van der Waals surface area contributed by atoms with E-state index in [0.717, 1.165) is 0 Å². The Kier molecular flexibility index (Phi) is 4.04. The van der Waals surface area contributed by atoms with Crippen LogP contribution in [0.25, 0.3) is 0 Å². The normalized spacial score (nSPS) is 10.4. The summed E-state index contributed by atoms with van der Waals surface area (Å²) < 4.78 is 26.8. The fourth-order valence-corrected chi connectivity index (χ4v) is 1.73. The lowest BCUT2D eigenvalue weighted by Crippen LogP contribution is -2.12. The molecule has 100 valence electrons. The van der Waals surface area contributed by atoms with Gasteiger partial charge in [-0.1, -0.05) is 29.3 Å². The number of nitrogens with one attached hydrogen (secondary N) is 2. The van der Waals surface area contributed by atoms with Gasteiger partial charge in [0.1, 0.15) is 0 Å². The van der Waals surface area contributed by atoms with Crippen molar-refractivity contribution in [3.8, 4) is 0 Å². The molecule has 1 aromatic heterocycles. The van der Waals surface area contributed by atoms with Crippen molar-refractivity contribution in [3.05, 3.63) is 45.9 Å². The Morgan fingerprint density at radius 3 is 2.47 bits per heavy atom. The first kappa shape index (κ1) is 13.8. The third kappa shape index (κ3) is 2.86. The van der Waals surface area contributed by atoms with Gasteiger partial charge in [0.05, 0.1) is 15.7 Å². The average molecular weight is 305 g/mol. The number of hydrogen-bond acceptors (Lipinski definition) is 4. The first-order valence-corrected chi connectivity index (χ1v) is 5.82. The van der Waals surface area contributed by atoms with E-state index >= 15 is 0 Å². The molecule has 2 aromatic rings. The van der Waals surface area contributed by atoms with E-state index in [0.29, 0.717) is 16.8 Å². The molecule has 0 radical (unpaired) electrons. The Labute approximate surface area is 117 Å². The van der Waals surface area contributed by atoms with Gasteiger partial charge in [-0.05, 0) is 12.1 Å². The maximum absolute atomic E-state index is 13.6. The van der Waals surface area contributed by atoms with Gasteiger partial charge in [0.15, 0.2) is 23.3 Å². The second-order valence-electron chi connectivity index (χ2n) is 3.52. The smallest absolute Gasteiger partial charge is 0.178 e. The van der Waals surface area contributed by atoms with E-state index in [1.54, 1.807) is 18.2 Å². The summed E-state index contributed by atoms with van der Waals surface area (Å²) in [5, 5.41) is 3.12. The summed E-state index contributed by atoms with van der Waals surface area (Å²) in [7, 11) is 0. The highest BCUT2D eigenvalue weighted by Crippen LogP contribution is 2.32. The number of anilines is 3. The van der Waals surface area contributed by atoms with Gasteiger partial charge < -0.3 is 10.7 Å². The molecule has 0 spiro atoms. The fraction of sp³-hybridized carbons (Fsp3) is 0. The summed E-state index contributed by atoms with van der Waals surface area (Å²) in [4.78, 5) is 3.66. The summed E-state index contributed by atoms with van der Waals surface area (Å²) in [5.74, 6) is 2.77. The molecular weight excluding hydrogens is 297 g/mol. The number of aromatic nitrogens is 1. The molecule has 0 fully saturated rings. The summed E-state index contributed by atoms with van der Waals surface area (Å²) in [6, 6.07) is 5.44. The molecule has 0 aliphatic heterocycles. The number of hydrazine groups is 1. The molecule has 0 bridgehead atoms. The second-order valence-corrected chi connectivity index (χ2v) is 4.31. The lowest BCUT2D eigenvalue weighted by Gasteiger charge is -2.11. The van der Waals surface area contributed by atoms with Crippen LogP contribution < -0.4 is 16.6 Å². The van der Waals surface area contributed by atoms with E-state index in [4.69, 9.17) is 29.0 Å². The monoisotopic (exact) mass is 304 g/mol. The summed E-state index contributed by atoms with van der Waals surface area (Å²) >= 11 is 11.8. The molecule has 4 N–H and O–H groups in total. The first-order chi connectivity index (χ1) is 9.02. The third-order valence-corrected chi connectivity index (χ3v) is 3.09. The predicted octanol–water partition coefficient (Wildman–Crippen LogP) is 3.70. The van der Waals surface area contributed by atoms with Crippen LogP contribution in [0.1, 0.15) is 0 Å². The van der Waals surface area contributed by atoms with E-state index in [1.165, 1.54) is 0 Å². The Morgan fingerprint density at radius 1 is 1.11 bits per heavy atom. The van der Waals surface area contributed by atoms with Crippen molar-refractivity contribution in [3.63, 3.8) is 0 Å². The number of nitrogen functional groups attached to an aromatic ring is 1. The highest BCUT2D eigenvalue weighted by atomic mass is 35.5. The van der Waals surface area contributed by atoms with E-state index in [1.807, 2.05) is 5.43 Å². The summed E-state index contributed by atoms with van der Waals surface area (Å²) in [5.41, 5.74) is 2.37. The number of nitrogens with two attached hydrogens (primary N) is 1. The molecular formula is C11H8Cl2F2N4. The number of halogens is 4. The maximum Gasteiger partial charge on any atom is 0.178 e. The van der Waals surface area contributed by atoms with Crippen LogP contribution in [0.2, 0.25) is 10.0 Å². The number of pyridine rings is 1. The number of benzene rings is 1. The second kappa shape index (κ2) is 5.56. The standard InChI is InChI=1S/C11H8Cl2F2N4/c12-5-2-1-3-8(9(5)13)17-10-6(14)4-7(15)11(18-10)19-16/h1-4H,16H2,(H2,17,18,19). The minimum absolute atomic E-state index is 0.206. The summed E-state index contributed by atoms with van der Waals surface area (Å²) in [6.45, 7) is 0. The van der Waals surface area contributed by atoms with Crippen molar-refractivity contribution in [2.45, 2.75) is 0 Å². The fourth-order valence-electron chi connectivity index (χ4n) is 1.38. The van der Waals surface area contributed by atoms with Gasteiger partial charge >= 0.3 is 0 Å². The number of hydrogen-bond donors (Lipinski definition) is 3. The molecule has 0 amide bonds. The van der Waals surface area contributed by atoms with Crippen molar-refractivity contribution < 1.29 is 8.78 Å². The molecule has 0 saturated heterocycles. The van der Waals surface area contributed by atoms with Crippen LogP contribution in [-0.4, -0.2) is 4.98 Å². The van der Waals surface area contributed by atoms with Gasteiger partial charge in [-0.2, -0.15) is 0 Å². The van der Waals surface area contributed by atoms with Gasteiger partial charge in [-0.25, -0.2) is 19.6 Å². The van der Waals surface area contributed by atoms with Gasteiger partial charge in [-0.15, -0.1) is 0 Å². The van der Waals surface area contributed by atoms with Crippen molar-refractivity contribution in [2.24, 2.45) is 5.84 Å². The lowest BCUT2D eigenvalue weighted by molar-refractivity contribution is 0.579. The molecule has 0 atom stereocenters. The van der Waals surface area contributed by atoms with Crippen LogP contribution in [0.15, 0.2) is 24.3 Å². The molecule has 0 aliphatic rings. The highest BCUT2D eigenvalue weighted by Gasteiger charge is 2.13. The van der Waals surface area contributed by atoms with E-state index in [-0.39, 0.29) is 16.7 Å². The SMILES string of the molecule is NNc1nc(Nc2cccc(Cl)c2Cl)c(F)cc1F. The summed E-state index contributed by atoms with van der Waals surface area (Å²) in [6.07, 6.45) is 0. The van der Waals surface area contributed by atoms with E-state index < -0.39 is 11.6 Å². The maximum atomic E-state index is 13.6. The molecule has 1 aromatic carbocycles. The Morgan fingerprint density at radius 2 is 1.79 bits per heavy atom. The van der Waals surface area contributed by atoms with Crippen molar-refractivity contribution in [1.29, 1.82) is 0 Å². The van der Waals surface area contributed by atoms with Crippen molar-refractivity contribution >= 4 is 40.5 Å². The zero-order chi connectivity index (χ0) is 14.0.